The molecule has 1 N–H and O–H groups in total. The second-order valence-electron chi connectivity index (χ2n) is 6.89. The van der Waals surface area contributed by atoms with Crippen molar-refractivity contribution in [1.82, 2.24) is 0 Å². The van der Waals surface area contributed by atoms with E-state index < -0.39 is 0 Å². The van der Waals surface area contributed by atoms with E-state index in [9.17, 15) is 4.79 Å². The fraction of sp³-hybridized carbons (Fsp3) is 0.350. The number of carbonyl (C=O) groups is 1. The summed E-state index contributed by atoms with van der Waals surface area (Å²) >= 11 is 0. The van der Waals surface area contributed by atoms with Crippen LogP contribution in [0.5, 0.6) is 11.5 Å². The maximum Gasteiger partial charge on any atom is 0.262 e. The van der Waals surface area contributed by atoms with Crippen LogP contribution in [0.1, 0.15) is 30.5 Å². The van der Waals surface area contributed by atoms with Crippen molar-refractivity contribution in [3.63, 3.8) is 0 Å². The van der Waals surface area contributed by atoms with Crippen molar-refractivity contribution >= 4 is 11.6 Å². The van der Waals surface area contributed by atoms with Crippen LogP contribution in [0.25, 0.3) is 0 Å². The van der Waals surface area contributed by atoms with Gasteiger partial charge < -0.3 is 14.8 Å². The fourth-order valence-corrected chi connectivity index (χ4v) is 3.03. The number of carbonyl (C=O) groups excluding carboxylic acids is 1. The summed E-state index contributed by atoms with van der Waals surface area (Å²) in [6, 6.07) is 11.7. The minimum atomic E-state index is -0.234. The number of hydrogen-bond acceptors (Lipinski definition) is 3. The normalized spacial score (nSPS) is 14.7. The maximum atomic E-state index is 12.2. The molecule has 0 radical (unpaired) electrons. The molecular weight excluding hydrogens is 302 g/mol. The molecule has 24 heavy (non-hydrogen) atoms. The number of aryl methyl sites for hydroxylation is 2. The predicted octanol–water partition coefficient (Wildman–Crippen LogP) is 4.03. The molecule has 0 unspecified atom stereocenters. The second kappa shape index (κ2) is 6.19. The Hall–Kier alpha value is -2.49. The summed E-state index contributed by atoms with van der Waals surface area (Å²) in [4.78, 5) is 12.2. The lowest BCUT2D eigenvalue weighted by molar-refractivity contribution is -0.118. The summed E-state index contributed by atoms with van der Waals surface area (Å²) in [7, 11) is 0. The van der Waals surface area contributed by atoms with Gasteiger partial charge in [0.05, 0.1) is 0 Å². The van der Waals surface area contributed by atoms with Crippen molar-refractivity contribution in [2.24, 2.45) is 0 Å². The highest BCUT2D eigenvalue weighted by Crippen LogP contribution is 2.41. The molecular formula is C20H23NO3. The van der Waals surface area contributed by atoms with Gasteiger partial charge in [0, 0.05) is 17.7 Å². The van der Waals surface area contributed by atoms with E-state index in [1.165, 1.54) is 0 Å². The Kier molecular flexibility index (Phi) is 4.22. The minimum absolute atomic E-state index is 0.0476. The van der Waals surface area contributed by atoms with Crippen molar-refractivity contribution in [3.05, 3.63) is 53.1 Å². The number of hydrogen-bond donors (Lipinski definition) is 1. The van der Waals surface area contributed by atoms with Crippen LogP contribution in [0.3, 0.4) is 0 Å². The molecule has 2 aromatic rings. The van der Waals surface area contributed by atoms with E-state index in [2.05, 4.69) is 5.32 Å². The standard InChI is InChI=1S/C20H23NO3/c1-13-7-5-8-14(2)18(13)21-17(22)12-23-16-10-6-9-15-11-20(3,4)24-19(15)16/h5-10H,11-12H2,1-4H3,(H,21,22). The molecule has 4 nitrogen and oxygen atoms in total. The van der Waals surface area contributed by atoms with E-state index in [1.54, 1.807) is 0 Å². The molecule has 0 bridgehead atoms. The Balaban J connectivity index is 1.67. The van der Waals surface area contributed by atoms with E-state index >= 15 is 0 Å². The van der Waals surface area contributed by atoms with Gasteiger partial charge in [-0.3, -0.25) is 4.79 Å². The first-order valence-electron chi connectivity index (χ1n) is 8.15. The molecule has 1 amide bonds. The molecule has 2 aromatic carbocycles. The van der Waals surface area contributed by atoms with Crippen LogP contribution in [0.4, 0.5) is 5.69 Å². The van der Waals surface area contributed by atoms with Gasteiger partial charge in [0.2, 0.25) is 0 Å². The molecule has 1 aliphatic heterocycles. The Bertz CT molecular complexity index is 760. The van der Waals surface area contributed by atoms with Crippen molar-refractivity contribution in [2.75, 3.05) is 11.9 Å². The van der Waals surface area contributed by atoms with Crippen LogP contribution in [0, 0.1) is 13.8 Å². The summed E-state index contributed by atoms with van der Waals surface area (Å²) in [5.41, 5.74) is 3.81. The van der Waals surface area contributed by atoms with Gasteiger partial charge in [-0.15, -0.1) is 0 Å². The number of nitrogens with one attached hydrogen (secondary N) is 1. The van der Waals surface area contributed by atoms with Gasteiger partial charge >= 0.3 is 0 Å². The molecule has 0 saturated carbocycles. The van der Waals surface area contributed by atoms with E-state index in [1.807, 2.05) is 64.1 Å². The molecule has 1 heterocycles. The lowest BCUT2D eigenvalue weighted by Gasteiger charge is -2.18. The smallest absolute Gasteiger partial charge is 0.262 e. The summed E-state index contributed by atoms with van der Waals surface area (Å²) in [5, 5.41) is 2.93. The van der Waals surface area contributed by atoms with E-state index in [4.69, 9.17) is 9.47 Å². The summed E-state index contributed by atoms with van der Waals surface area (Å²) in [5.74, 6) is 1.19. The van der Waals surface area contributed by atoms with Crippen LogP contribution < -0.4 is 14.8 Å². The molecule has 4 heteroatoms. The number of para-hydroxylation sites is 2. The first-order chi connectivity index (χ1) is 11.4. The molecule has 0 fully saturated rings. The van der Waals surface area contributed by atoms with Gasteiger partial charge in [-0.2, -0.15) is 0 Å². The average molecular weight is 325 g/mol. The Morgan fingerprint density at radius 2 is 1.83 bits per heavy atom. The van der Waals surface area contributed by atoms with E-state index in [-0.39, 0.29) is 18.1 Å². The first kappa shape index (κ1) is 16.4. The Labute approximate surface area is 142 Å². The maximum absolute atomic E-state index is 12.2. The topological polar surface area (TPSA) is 47.6 Å². The third-order valence-electron chi connectivity index (χ3n) is 4.16. The zero-order chi connectivity index (χ0) is 17.3. The molecule has 3 rings (SSSR count). The zero-order valence-electron chi connectivity index (χ0n) is 14.6. The number of rotatable bonds is 4. The zero-order valence-corrected chi connectivity index (χ0v) is 14.6. The number of ether oxygens (including phenoxy) is 2. The van der Waals surface area contributed by atoms with E-state index in [0.29, 0.717) is 5.75 Å². The molecule has 0 atom stereocenters. The van der Waals surface area contributed by atoms with Gasteiger partial charge in [-0.05, 0) is 44.9 Å². The third-order valence-corrected chi connectivity index (χ3v) is 4.16. The number of anilines is 1. The fourth-order valence-electron chi connectivity index (χ4n) is 3.03. The number of amides is 1. The third kappa shape index (κ3) is 3.37. The Morgan fingerprint density at radius 1 is 1.17 bits per heavy atom. The molecule has 0 aliphatic carbocycles. The van der Waals surface area contributed by atoms with Crippen molar-refractivity contribution in [3.8, 4) is 11.5 Å². The van der Waals surface area contributed by atoms with Crippen LogP contribution in [-0.2, 0) is 11.2 Å². The second-order valence-corrected chi connectivity index (χ2v) is 6.89. The van der Waals surface area contributed by atoms with Crippen LogP contribution in [0.15, 0.2) is 36.4 Å². The van der Waals surface area contributed by atoms with Gasteiger partial charge in [-0.1, -0.05) is 30.3 Å². The largest absolute Gasteiger partial charge is 0.483 e. The first-order valence-corrected chi connectivity index (χ1v) is 8.15. The number of benzene rings is 2. The van der Waals surface area contributed by atoms with Crippen molar-refractivity contribution in [1.29, 1.82) is 0 Å². The average Bonchev–Trinajstić information content (AvgIpc) is 2.83. The van der Waals surface area contributed by atoms with Crippen LogP contribution in [-0.4, -0.2) is 18.1 Å². The van der Waals surface area contributed by atoms with Crippen molar-refractivity contribution in [2.45, 2.75) is 39.7 Å². The van der Waals surface area contributed by atoms with E-state index in [0.717, 1.165) is 34.5 Å². The monoisotopic (exact) mass is 325 g/mol. The van der Waals surface area contributed by atoms with Crippen LogP contribution in [0.2, 0.25) is 0 Å². The molecule has 126 valence electrons. The minimum Gasteiger partial charge on any atom is -0.483 e. The van der Waals surface area contributed by atoms with Gasteiger partial charge in [-0.25, -0.2) is 0 Å². The Morgan fingerprint density at radius 3 is 2.54 bits per heavy atom. The molecule has 1 aliphatic rings. The predicted molar refractivity (Wildman–Crippen MR) is 94.9 cm³/mol. The van der Waals surface area contributed by atoms with Gasteiger partial charge in [0.1, 0.15) is 5.60 Å². The SMILES string of the molecule is Cc1cccc(C)c1NC(=O)COc1cccc2c1OC(C)(C)C2. The van der Waals surface area contributed by atoms with Gasteiger partial charge in [0.25, 0.3) is 5.91 Å². The van der Waals surface area contributed by atoms with Crippen molar-refractivity contribution < 1.29 is 14.3 Å². The highest BCUT2D eigenvalue weighted by molar-refractivity contribution is 5.93. The molecule has 0 saturated heterocycles. The van der Waals surface area contributed by atoms with Gasteiger partial charge in [0.15, 0.2) is 18.1 Å². The highest BCUT2D eigenvalue weighted by atomic mass is 16.5. The highest BCUT2D eigenvalue weighted by Gasteiger charge is 2.32. The summed E-state index contributed by atoms with van der Waals surface area (Å²) in [6.07, 6.45) is 0.841. The van der Waals surface area contributed by atoms with Crippen LogP contribution >= 0.6 is 0 Å². The molecule has 0 aromatic heterocycles. The lowest BCUT2D eigenvalue weighted by Crippen LogP contribution is -2.25. The summed E-state index contributed by atoms with van der Waals surface area (Å²) < 4.78 is 11.7. The lowest BCUT2D eigenvalue weighted by atomic mass is 10.0. The number of fused-ring (bicyclic) bond motifs is 1. The molecule has 0 spiro atoms. The summed E-state index contributed by atoms with van der Waals surface area (Å²) in [6.45, 7) is 8.00. The quantitative estimate of drug-likeness (QED) is 0.923.